The maximum atomic E-state index is 5.11. The Morgan fingerprint density at radius 1 is 1.36 bits per heavy atom. The summed E-state index contributed by atoms with van der Waals surface area (Å²) in [6.45, 7) is 5.23. The SMILES string of the molecule is COCC1CN1Cc1ccc(C)cc1. The Kier molecular flexibility index (Phi) is 2.85. The molecule has 0 N–H and O–H groups in total. The first-order valence-corrected chi connectivity index (χ1v) is 5.08. The van der Waals surface area contributed by atoms with E-state index in [0.717, 1.165) is 13.2 Å². The Hall–Kier alpha value is -0.860. The Morgan fingerprint density at radius 2 is 2.07 bits per heavy atom. The molecular weight excluding hydrogens is 174 g/mol. The van der Waals surface area contributed by atoms with E-state index in [1.807, 2.05) is 0 Å². The molecule has 1 heterocycles. The molecule has 0 bridgehead atoms. The van der Waals surface area contributed by atoms with E-state index in [-0.39, 0.29) is 0 Å². The van der Waals surface area contributed by atoms with Crippen LogP contribution in [-0.4, -0.2) is 31.2 Å². The van der Waals surface area contributed by atoms with Crippen LogP contribution in [0.15, 0.2) is 24.3 Å². The second-order valence-electron chi connectivity index (χ2n) is 4.02. The van der Waals surface area contributed by atoms with Gasteiger partial charge < -0.3 is 4.74 Å². The average Bonchev–Trinajstić information content (AvgIpc) is 2.89. The molecule has 1 aromatic carbocycles. The van der Waals surface area contributed by atoms with Crippen LogP contribution in [-0.2, 0) is 11.3 Å². The van der Waals surface area contributed by atoms with Crippen molar-refractivity contribution in [1.29, 1.82) is 0 Å². The first kappa shape index (κ1) is 9.69. The smallest absolute Gasteiger partial charge is 0.0630 e. The highest BCUT2D eigenvalue weighted by Gasteiger charge is 2.33. The van der Waals surface area contributed by atoms with E-state index >= 15 is 0 Å². The highest BCUT2D eigenvalue weighted by molar-refractivity contribution is 5.21. The zero-order valence-electron chi connectivity index (χ0n) is 8.86. The van der Waals surface area contributed by atoms with Crippen LogP contribution in [0, 0.1) is 6.92 Å². The molecule has 1 aliphatic rings. The average molecular weight is 191 g/mol. The molecule has 0 spiro atoms. The van der Waals surface area contributed by atoms with Gasteiger partial charge in [-0.05, 0) is 12.5 Å². The number of aryl methyl sites for hydroxylation is 1. The number of ether oxygens (including phenoxy) is 1. The lowest BCUT2D eigenvalue weighted by Gasteiger charge is -2.03. The summed E-state index contributed by atoms with van der Waals surface area (Å²) in [6.07, 6.45) is 0. The normalized spacial score (nSPS) is 25.0. The third-order valence-electron chi connectivity index (χ3n) is 2.69. The van der Waals surface area contributed by atoms with Crippen LogP contribution in [0.1, 0.15) is 11.1 Å². The molecule has 2 unspecified atom stereocenters. The third kappa shape index (κ3) is 2.34. The molecule has 0 aliphatic carbocycles. The number of hydrogen-bond acceptors (Lipinski definition) is 2. The van der Waals surface area contributed by atoms with Crippen molar-refractivity contribution < 1.29 is 4.74 Å². The molecule has 76 valence electrons. The lowest BCUT2D eigenvalue weighted by atomic mass is 10.1. The number of benzene rings is 1. The molecule has 0 amide bonds. The van der Waals surface area contributed by atoms with Gasteiger partial charge in [-0.25, -0.2) is 0 Å². The summed E-state index contributed by atoms with van der Waals surface area (Å²) in [4.78, 5) is 2.42. The standard InChI is InChI=1S/C12H17NO/c1-10-3-5-11(6-4-10)7-13-8-12(13)9-14-2/h3-6,12H,7-9H2,1-2H3. The van der Waals surface area contributed by atoms with Crippen molar-refractivity contribution in [3.05, 3.63) is 35.4 Å². The number of hydrogen-bond donors (Lipinski definition) is 0. The summed E-state index contributed by atoms with van der Waals surface area (Å²) < 4.78 is 5.11. The Morgan fingerprint density at radius 3 is 2.71 bits per heavy atom. The Bertz CT molecular complexity index is 294. The third-order valence-corrected chi connectivity index (χ3v) is 2.69. The van der Waals surface area contributed by atoms with Crippen LogP contribution in [0.3, 0.4) is 0 Å². The summed E-state index contributed by atoms with van der Waals surface area (Å²) in [5, 5.41) is 0. The topological polar surface area (TPSA) is 12.2 Å². The maximum Gasteiger partial charge on any atom is 0.0630 e. The van der Waals surface area contributed by atoms with Gasteiger partial charge in [0.25, 0.3) is 0 Å². The quantitative estimate of drug-likeness (QED) is 0.673. The van der Waals surface area contributed by atoms with E-state index in [0.29, 0.717) is 6.04 Å². The predicted molar refractivity (Wildman–Crippen MR) is 57.3 cm³/mol. The fourth-order valence-corrected chi connectivity index (χ4v) is 1.70. The van der Waals surface area contributed by atoms with E-state index in [9.17, 15) is 0 Å². The van der Waals surface area contributed by atoms with Crippen molar-refractivity contribution >= 4 is 0 Å². The van der Waals surface area contributed by atoms with Gasteiger partial charge in [-0.1, -0.05) is 29.8 Å². The first-order valence-electron chi connectivity index (χ1n) is 5.08. The van der Waals surface area contributed by atoms with Crippen LogP contribution >= 0.6 is 0 Å². The summed E-state index contributed by atoms with van der Waals surface area (Å²) in [5.41, 5.74) is 2.72. The molecule has 2 heteroatoms. The highest BCUT2D eigenvalue weighted by atomic mass is 16.5. The van der Waals surface area contributed by atoms with E-state index in [4.69, 9.17) is 4.74 Å². The summed E-state index contributed by atoms with van der Waals surface area (Å²) in [6, 6.07) is 9.41. The Labute approximate surface area is 85.5 Å². The summed E-state index contributed by atoms with van der Waals surface area (Å²) in [7, 11) is 1.77. The van der Waals surface area contributed by atoms with Crippen molar-refractivity contribution in [2.24, 2.45) is 0 Å². The van der Waals surface area contributed by atoms with Gasteiger partial charge in [0.2, 0.25) is 0 Å². The first-order chi connectivity index (χ1) is 6.79. The number of nitrogens with zero attached hydrogens (tertiary/aromatic N) is 1. The molecule has 0 radical (unpaired) electrons. The van der Waals surface area contributed by atoms with Gasteiger partial charge in [0.1, 0.15) is 0 Å². The van der Waals surface area contributed by atoms with Gasteiger partial charge in [-0.15, -0.1) is 0 Å². The molecule has 1 fully saturated rings. The van der Waals surface area contributed by atoms with Gasteiger partial charge in [-0.3, -0.25) is 4.90 Å². The minimum absolute atomic E-state index is 0.654. The highest BCUT2D eigenvalue weighted by Crippen LogP contribution is 2.21. The van der Waals surface area contributed by atoms with Gasteiger partial charge in [0, 0.05) is 26.2 Å². The van der Waals surface area contributed by atoms with E-state index in [1.54, 1.807) is 7.11 Å². The van der Waals surface area contributed by atoms with Crippen molar-refractivity contribution in [2.75, 3.05) is 20.3 Å². The Balaban J connectivity index is 1.84. The second kappa shape index (κ2) is 4.11. The van der Waals surface area contributed by atoms with Gasteiger partial charge in [0.15, 0.2) is 0 Å². The number of rotatable bonds is 4. The van der Waals surface area contributed by atoms with Crippen LogP contribution in [0.5, 0.6) is 0 Å². The predicted octanol–water partition coefficient (Wildman–Crippen LogP) is 1.83. The van der Waals surface area contributed by atoms with E-state index in [1.165, 1.54) is 17.7 Å². The van der Waals surface area contributed by atoms with Crippen molar-refractivity contribution in [2.45, 2.75) is 19.5 Å². The van der Waals surface area contributed by atoms with Gasteiger partial charge in [0.05, 0.1) is 6.61 Å². The molecule has 1 aromatic rings. The van der Waals surface area contributed by atoms with Crippen molar-refractivity contribution in [3.63, 3.8) is 0 Å². The largest absolute Gasteiger partial charge is 0.383 e. The molecule has 14 heavy (non-hydrogen) atoms. The number of methoxy groups -OCH3 is 1. The van der Waals surface area contributed by atoms with Crippen molar-refractivity contribution in [3.8, 4) is 0 Å². The van der Waals surface area contributed by atoms with E-state index in [2.05, 4.69) is 36.1 Å². The van der Waals surface area contributed by atoms with Crippen molar-refractivity contribution in [1.82, 2.24) is 4.90 Å². The van der Waals surface area contributed by atoms with E-state index < -0.39 is 0 Å². The molecule has 0 saturated carbocycles. The molecule has 0 aromatic heterocycles. The minimum Gasteiger partial charge on any atom is -0.383 e. The fraction of sp³-hybridized carbons (Fsp3) is 0.500. The molecule has 1 saturated heterocycles. The van der Waals surface area contributed by atoms with Gasteiger partial charge >= 0.3 is 0 Å². The molecular formula is C12H17NO. The lowest BCUT2D eigenvalue weighted by molar-refractivity contribution is 0.187. The van der Waals surface area contributed by atoms with Crippen LogP contribution in [0.4, 0.5) is 0 Å². The fourth-order valence-electron chi connectivity index (χ4n) is 1.70. The second-order valence-corrected chi connectivity index (χ2v) is 4.02. The van der Waals surface area contributed by atoms with Crippen LogP contribution < -0.4 is 0 Å². The molecule has 1 aliphatic heterocycles. The molecule has 2 nitrogen and oxygen atoms in total. The zero-order valence-corrected chi connectivity index (χ0v) is 8.86. The minimum atomic E-state index is 0.654. The molecule has 2 atom stereocenters. The molecule has 2 rings (SSSR count). The van der Waals surface area contributed by atoms with Gasteiger partial charge in [-0.2, -0.15) is 0 Å². The zero-order chi connectivity index (χ0) is 9.97. The lowest BCUT2D eigenvalue weighted by Crippen LogP contribution is -2.06. The summed E-state index contributed by atoms with van der Waals surface area (Å²) >= 11 is 0. The summed E-state index contributed by atoms with van der Waals surface area (Å²) in [5.74, 6) is 0. The van der Waals surface area contributed by atoms with Crippen LogP contribution in [0.2, 0.25) is 0 Å². The monoisotopic (exact) mass is 191 g/mol. The maximum absolute atomic E-state index is 5.11. The van der Waals surface area contributed by atoms with Crippen LogP contribution in [0.25, 0.3) is 0 Å².